The predicted octanol–water partition coefficient (Wildman–Crippen LogP) is 1.81. The van der Waals surface area contributed by atoms with Crippen molar-refractivity contribution in [2.24, 2.45) is 0 Å². The van der Waals surface area contributed by atoms with E-state index in [2.05, 4.69) is 27.6 Å². The second kappa shape index (κ2) is 5.38. The Morgan fingerprint density at radius 1 is 1.11 bits per heavy atom. The number of ether oxygens (including phenoxy) is 2. The van der Waals surface area contributed by atoms with Gasteiger partial charge in [-0.1, -0.05) is 18.0 Å². The normalized spacial score (nSPS) is 20.3. The highest BCUT2D eigenvalue weighted by atomic mass is 32.2. The molecule has 0 radical (unpaired) electrons. The first-order valence-electron chi connectivity index (χ1n) is 6.25. The molecule has 0 saturated carbocycles. The second-order valence-electron chi connectivity index (χ2n) is 4.58. The molecular weight excluding hydrogens is 248 g/mol. The first-order valence-corrected chi connectivity index (χ1v) is 7.43. The third-order valence-corrected chi connectivity index (χ3v) is 4.31. The summed E-state index contributed by atoms with van der Waals surface area (Å²) in [5.74, 6) is 1.75. The molecule has 4 nitrogen and oxygen atoms in total. The third-order valence-electron chi connectivity index (χ3n) is 3.43. The molecule has 0 atom stereocenters. The molecule has 1 fully saturated rings. The van der Waals surface area contributed by atoms with Crippen molar-refractivity contribution in [3.8, 4) is 11.5 Å². The van der Waals surface area contributed by atoms with Crippen LogP contribution < -0.4 is 9.47 Å². The van der Waals surface area contributed by atoms with Gasteiger partial charge in [0.2, 0.25) is 6.79 Å². The maximum atomic E-state index is 5.41. The van der Waals surface area contributed by atoms with Crippen molar-refractivity contribution in [1.29, 1.82) is 0 Å². The van der Waals surface area contributed by atoms with Crippen LogP contribution in [-0.4, -0.2) is 48.4 Å². The van der Waals surface area contributed by atoms with E-state index in [1.807, 2.05) is 18.0 Å². The summed E-state index contributed by atoms with van der Waals surface area (Å²) in [5, 5.41) is 0. The topological polar surface area (TPSA) is 24.9 Å². The zero-order valence-corrected chi connectivity index (χ0v) is 11.4. The van der Waals surface area contributed by atoms with E-state index in [9.17, 15) is 0 Å². The van der Waals surface area contributed by atoms with E-state index < -0.39 is 0 Å². The Hall–Kier alpha value is -0.910. The SMILES string of the molecule is CSN1CCN(Cc2ccc3c(c2)OCO3)CC1. The van der Waals surface area contributed by atoms with E-state index in [0.717, 1.165) is 44.2 Å². The van der Waals surface area contributed by atoms with Crippen molar-refractivity contribution in [3.63, 3.8) is 0 Å². The lowest BCUT2D eigenvalue weighted by molar-refractivity contribution is 0.173. The van der Waals surface area contributed by atoms with E-state index >= 15 is 0 Å². The highest BCUT2D eigenvalue weighted by Crippen LogP contribution is 2.32. The lowest BCUT2D eigenvalue weighted by Gasteiger charge is -2.33. The molecule has 1 aromatic carbocycles. The van der Waals surface area contributed by atoms with Crippen LogP contribution in [0.2, 0.25) is 0 Å². The standard InChI is InChI=1S/C13H18N2O2S/c1-18-15-6-4-14(5-7-15)9-11-2-3-12-13(8-11)17-10-16-12/h2-3,8H,4-7,9-10H2,1H3. The van der Waals surface area contributed by atoms with E-state index in [0.29, 0.717) is 6.79 Å². The van der Waals surface area contributed by atoms with Gasteiger partial charge in [0.25, 0.3) is 0 Å². The second-order valence-corrected chi connectivity index (χ2v) is 5.46. The van der Waals surface area contributed by atoms with Crippen molar-refractivity contribution in [3.05, 3.63) is 23.8 Å². The molecule has 2 aliphatic heterocycles. The highest BCUT2D eigenvalue weighted by molar-refractivity contribution is 7.96. The lowest BCUT2D eigenvalue weighted by atomic mass is 10.2. The molecule has 0 amide bonds. The molecule has 0 spiro atoms. The Morgan fingerprint density at radius 2 is 1.89 bits per heavy atom. The summed E-state index contributed by atoms with van der Waals surface area (Å²) in [6.07, 6.45) is 2.15. The van der Waals surface area contributed by atoms with Gasteiger partial charge in [0.1, 0.15) is 0 Å². The van der Waals surface area contributed by atoms with Gasteiger partial charge in [0.15, 0.2) is 11.5 Å². The van der Waals surface area contributed by atoms with Crippen LogP contribution in [0.5, 0.6) is 11.5 Å². The van der Waals surface area contributed by atoms with E-state index in [1.54, 1.807) is 0 Å². The Morgan fingerprint density at radius 3 is 2.67 bits per heavy atom. The average molecular weight is 266 g/mol. The fraction of sp³-hybridized carbons (Fsp3) is 0.538. The zero-order valence-electron chi connectivity index (χ0n) is 10.6. The Bertz CT molecular complexity index is 419. The monoisotopic (exact) mass is 266 g/mol. The highest BCUT2D eigenvalue weighted by Gasteiger charge is 2.18. The number of piperazine rings is 1. The molecule has 98 valence electrons. The minimum absolute atomic E-state index is 0.352. The summed E-state index contributed by atoms with van der Waals surface area (Å²) in [5.41, 5.74) is 1.30. The number of fused-ring (bicyclic) bond motifs is 1. The van der Waals surface area contributed by atoms with Crippen molar-refractivity contribution < 1.29 is 9.47 Å². The summed E-state index contributed by atoms with van der Waals surface area (Å²) in [6.45, 7) is 5.91. The fourth-order valence-electron chi connectivity index (χ4n) is 2.37. The van der Waals surface area contributed by atoms with Crippen LogP contribution in [0.1, 0.15) is 5.56 Å². The number of hydrogen-bond donors (Lipinski definition) is 0. The molecule has 0 aliphatic carbocycles. The first-order chi connectivity index (χ1) is 8.85. The van der Waals surface area contributed by atoms with E-state index in [4.69, 9.17) is 9.47 Å². The number of benzene rings is 1. The summed E-state index contributed by atoms with van der Waals surface area (Å²) in [6, 6.07) is 6.24. The van der Waals surface area contributed by atoms with Crippen molar-refractivity contribution >= 4 is 11.9 Å². The van der Waals surface area contributed by atoms with Crippen LogP contribution in [-0.2, 0) is 6.54 Å². The molecule has 2 heterocycles. The average Bonchev–Trinajstić information content (AvgIpc) is 2.87. The van der Waals surface area contributed by atoms with Gasteiger partial charge in [0, 0.05) is 32.7 Å². The molecule has 5 heteroatoms. The molecule has 3 rings (SSSR count). The van der Waals surface area contributed by atoms with E-state index in [1.165, 1.54) is 5.56 Å². The number of rotatable bonds is 3. The van der Waals surface area contributed by atoms with Crippen LogP contribution in [0.25, 0.3) is 0 Å². The molecule has 0 N–H and O–H groups in total. The molecule has 0 aromatic heterocycles. The van der Waals surface area contributed by atoms with Gasteiger partial charge in [0.05, 0.1) is 0 Å². The largest absolute Gasteiger partial charge is 0.454 e. The Labute approximate surface area is 112 Å². The Balaban J connectivity index is 1.60. The molecule has 2 aliphatic rings. The smallest absolute Gasteiger partial charge is 0.231 e. The van der Waals surface area contributed by atoms with Gasteiger partial charge >= 0.3 is 0 Å². The van der Waals surface area contributed by atoms with Crippen molar-refractivity contribution in [1.82, 2.24) is 9.21 Å². The van der Waals surface area contributed by atoms with Crippen LogP contribution in [0.4, 0.5) is 0 Å². The third kappa shape index (κ3) is 2.58. The van der Waals surface area contributed by atoms with Crippen LogP contribution in [0, 0.1) is 0 Å². The minimum atomic E-state index is 0.352. The predicted molar refractivity (Wildman–Crippen MR) is 72.9 cm³/mol. The van der Waals surface area contributed by atoms with Crippen LogP contribution in [0.3, 0.4) is 0 Å². The van der Waals surface area contributed by atoms with Gasteiger partial charge in [-0.25, -0.2) is 4.31 Å². The summed E-state index contributed by atoms with van der Waals surface area (Å²) >= 11 is 1.84. The minimum Gasteiger partial charge on any atom is -0.454 e. The maximum absolute atomic E-state index is 5.41. The van der Waals surface area contributed by atoms with Gasteiger partial charge in [-0.05, 0) is 24.0 Å². The Kier molecular flexibility index (Phi) is 3.63. The quantitative estimate of drug-likeness (QED) is 0.777. The molecular formula is C13H18N2O2S. The van der Waals surface area contributed by atoms with Gasteiger partial charge < -0.3 is 9.47 Å². The van der Waals surface area contributed by atoms with Crippen LogP contribution >= 0.6 is 11.9 Å². The maximum Gasteiger partial charge on any atom is 0.231 e. The van der Waals surface area contributed by atoms with Crippen LogP contribution in [0.15, 0.2) is 18.2 Å². The molecule has 0 unspecified atom stereocenters. The summed E-state index contributed by atoms with van der Waals surface area (Å²) in [4.78, 5) is 2.49. The number of nitrogens with zero attached hydrogens (tertiary/aromatic N) is 2. The molecule has 1 aromatic rings. The summed E-state index contributed by atoms with van der Waals surface area (Å²) < 4.78 is 13.2. The molecule has 1 saturated heterocycles. The molecule has 0 bridgehead atoms. The lowest BCUT2D eigenvalue weighted by Crippen LogP contribution is -2.42. The molecule has 18 heavy (non-hydrogen) atoms. The number of hydrogen-bond acceptors (Lipinski definition) is 5. The van der Waals surface area contributed by atoms with Gasteiger partial charge in [-0.2, -0.15) is 0 Å². The van der Waals surface area contributed by atoms with E-state index in [-0.39, 0.29) is 0 Å². The first kappa shape index (κ1) is 12.1. The summed E-state index contributed by atoms with van der Waals surface area (Å²) in [7, 11) is 0. The zero-order chi connectivity index (χ0) is 12.4. The van der Waals surface area contributed by atoms with Crippen molar-refractivity contribution in [2.45, 2.75) is 6.54 Å². The fourth-order valence-corrected chi connectivity index (χ4v) is 2.90. The van der Waals surface area contributed by atoms with Crippen molar-refractivity contribution in [2.75, 3.05) is 39.2 Å². The van der Waals surface area contributed by atoms with Gasteiger partial charge in [-0.15, -0.1) is 0 Å². The van der Waals surface area contributed by atoms with Gasteiger partial charge in [-0.3, -0.25) is 4.90 Å².